The van der Waals surface area contributed by atoms with Crippen LogP contribution in [0.4, 0.5) is 5.69 Å². The van der Waals surface area contributed by atoms with Crippen molar-refractivity contribution in [3.05, 3.63) is 77.4 Å². The minimum absolute atomic E-state index is 0.0232. The van der Waals surface area contributed by atoms with E-state index in [4.69, 9.17) is 0 Å². The number of hydrogen-bond acceptors (Lipinski definition) is 1. The van der Waals surface area contributed by atoms with Crippen LogP contribution in [0.25, 0.3) is 0 Å². The minimum atomic E-state index is 0.0232. The van der Waals surface area contributed by atoms with E-state index < -0.39 is 0 Å². The van der Waals surface area contributed by atoms with Gasteiger partial charge in [0.25, 0.3) is 5.91 Å². The first-order valence-corrected chi connectivity index (χ1v) is 7.21. The Kier molecular flexibility index (Phi) is 3.38. The number of aryl methyl sites for hydroxylation is 1. The Bertz CT molecular complexity index is 700. The largest absolute Gasteiger partial charge is 0.301 e. The van der Waals surface area contributed by atoms with Crippen molar-refractivity contribution in [2.45, 2.75) is 26.3 Å². The first-order chi connectivity index (χ1) is 10.1. The van der Waals surface area contributed by atoms with E-state index in [0.717, 1.165) is 28.8 Å². The van der Waals surface area contributed by atoms with Crippen LogP contribution in [0.3, 0.4) is 0 Å². The highest BCUT2D eigenvalue weighted by Gasteiger charge is 2.33. The van der Waals surface area contributed by atoms with Crippen molar-refractivity contribution in [2.24, 2.45) is 0 Å². The molecule has 0 saturated carbocycles. The third kappa shape index (κ3) is 2.38. The quantitative estimate of drug-likeness (QED) is 0.755. The van der Waals surface area contributed by atoms with Crippen LogP contribution in [0.1, 0.15) is 28.4 Å². The summed E-state index contributed by atoms with van der Waals surface area (Å²) in [5, 5.41) is 0. The Balaban J connectivity index is 2.10. The number of anilines is 1. The van der Waals surface area contributed by atoms with Gasteiger partial charge in [-0.3, -0.25) is 4.79 Å². The summed E-state index contributed by atoms with van der Waals surface area (Å²) in [6, 6.07) is 16.0. The second-order valence-corrected chi connectivity index (χ2v) is 5.73. The molecule has 2 nitrogen and oxygen atoms in total. The lowest BCUT2D eigenvalue weighted by Crippen LogP contribution is -2.46. The molecular weight excluding hydrogens is 258 g/mol. The number of rotatable bonds is 2. The summed E-state index contributed by atoms with van der Waals surface area (Å²) in [6.07, 6.45) is 0.825. The zero-order valence-electron chi connectivity index (χ0n) is 12.5. The molecule has 106 valence electrons. The predicted molar refractivity (Wildman–Crippen MR) is 86.7 cm³/mol. The van der Waals surface area contributed by atoms with Crippen LogP contribution in [0.2, 0.25) is 0 Å². The average Bonchev–Trinajstić information content (AvgIpc) is 2.48. The first kappa shape index (κ1) is 13.6. The molecule has 0 aliphatic carbocycles. The van der Waals surface area contributed by atoms with Crippen molar-refractivity contribution in [3.8, 4) is 0 Å². The van der Waals surface area contributed by atoms with Crippen LogP contribution in [0, 0.1) is 6.92 Å². The summed E-state index contributed by atoms with van der Waals surface area (Å²) >= 11 is 0. The van der Waals surface area contributed by atoms with Gasteiger partial charge in [0, 0.05) is 11.3 Å². The molecule has 1 unspecified atom stereocenters. The van der Waals surface area contributed by atoms with Crippen molar-refractivity contribution in [2.75, 3.05) is 4.90 Å². The van der Waals surface area contributed by atoms with Crippen LogP contribution in [-0.4, -0.2) is 11.9 Å². The van der Waals surface area contributed by atoms with Gasteiger partial charge < -0.3 is 4.90 Å². The average molecular weight is 277 g/mol. The molecule has 0 N–H and O–H groups in total. The van der Waals surface area contributed by atoms with Gasteiger partial charge in [0.15, 0.2) is 0 Å². The summed E-state index contributed by atoms with van der Waals surface area (Å²) in [6.45, 7) is 8.13. The van der Waals surface area contributed by atoms with Crippen molar-refractivity contribution >= 4 is 11.6 Å². The Hall–Kier alpha value is -2.35. The molecule has 2 aromatic rings. The van der Waals surface area contributed by atoms with Crippen molar-refractivity contribution < 1.29 is 4.79 Å². The van der Waals surface area contributed by atoms with Gasteiger partial charge >= 0.3 is 0 Å². The first-order valence-electron chi connectivity index (χ1n) is 7.21. The van der Waals surface area contributed by atoms with E-state index in [0.29, 0.717) is 0 Å². The highest BCUT2D eigenvalue weighted by Crippen LogP contribution is 2.31. The van der Waals surface area contributed by atoms with Gasteiger partial charge in [0.05, 0.1) is 6.04 Å². The summed E-state index contributed by atoms with van der Waals surface area (Å²) in [7, 11) is 0. The summed E-state index contributed by atoms with van der Waals surface area (Å²) < 4.78 is 0. The second-order valence-electron chi connectivity index (χ2n) is 5.73. The van der Waals surface area contributed by atoms with Gasteiger partial charge in [-0.25, -0.2) is 0 Å². The van der Waals surface area contributed by atoms with Gasteiger partial charge in [-0.2, -0.15) is 0 Å². The highest BCUT2D eigenvalue weighted by molar-refractivity contribution is 6.09. The van der Waals surface area contributed by atoms with Crippen LogP contribution in [0.5, 0.6) is 0 Å². The number of fused-ring (bicyclic) bond motifs is 1. The summed E-state index contributed by atoms with van der Waals surface area (Å²) in [5.74, 6) is 0.0636. The van der Waals surface area contributed by atoms with Crippen molar-refractivity contribution in [3.63, 3.8) is 0 Å². The Morgan fingerprint density at radius 2 is 1.81 bits per heavy atom. The topological polar surface area (TPSA) is 20.3 Å². The molecule has 2 aromatic carbocycles. The van der Waals surface area contributed by atoms with Gasteiger partial charge in [-0.05, 0) is 44.0 Å². The maximum absolute atomic E-state index is 12.9. The summed E-state index contributed by atoms with van der Waals surface area (Å²) in [5.41, 5.74) is 5.05. The van der Waals surface area contributed by atoms with E-state index >= 15 is 0 Å². The van der Waals surface area contributed by atoms with Gasteiger partial charge in [0.1, 0.15) is 0 Å². The lowest BCUT2D eigenvalue weighted by atomic mass is 9.89. The van der Waals surface area contributed by atoms with Crippen LogP contribution < -0.4 is 4.90 Å². The molecular formula is C19H19NO. The normalized spacial score (nSPS) is 17.5. The molecule has 1 aliphatic rings. The maximum Gasteiger partial charge on any atom is 0.259 e. The molecule has 1 aliphatic heterocycles. The number of hydrogen-bond donors (Lipinski definition) is 0. The minimum Gasteiger partial charge on any atom is -0.301 e. The Morgan fingerprint density at radius 1 is 1.14 bits per heavy atom. The molecule has 0 spiro atoms. The van der Waals surface area contributed by atoms with Crippen LogP contribution in [0.15, 0.2) is 60.7 Å². The molecule has 0 fully saturated rings. The Morgan fingerprint density at radius 3 is 2.48 bits per heavy atom. The summed E-state index contributed by atoms with van der Waals surface area (Å²) in [4.78, 5) is 14.8. The highest BCUT2D eigenvalue weighted by atomic mass is 16.2. The zero-order chi connectivity index (χ0) is 15.0. The van der Waals surface area contributed by atoms with Crippen molar-refractivity contribution in [1.29, 1.82) is 0 Å². The maximum atomic E-state index is 12.9. The zero-order valence-corrected chi connectivity index (χ0v) is 12.5. The standard InChI is InChI=1S/C19H19NO/c1-13(2)18-12-15-6-4-5-7-17(15)19(21)20(18)16-10-8-14(3)9-11-16/h4-11,18H,1,12H2,2-3H3. The van der Waals surface area contributed by atoms with E-state index in [-0.39, 0.29) is 11.9 Å². The Labute approximate surface area is 125 Å². The van der Waals surface area contributed by atoms with E-state index in [9.17, 15) is 4.79 Å². The molecule has 1 amide bonds. The molecule has 2 heteroatoms. The van der Waals surface area contributed by atoms with Crippen LogP contribution in [-0.2, 0) is 6.42 Å². The second kappa shape index (κ2) is 5.21. The van der Waals surface area contributed by atoms with Gasteiger partial charge in [-0.1, -0.05) is 48.0 Å². The monoisotopic (exact) mass is 277 g/mol. The fourth-order valence-corrected chi connectivity index (χ4v) is 2.88. The van der Waals surface area contributed by atoms with Crippen LogP contribution >= 0.6 is 0 Å². The smallest absolute Gasteiger partial charge is 0.259 e. The van der Waals surface area contributed by atoms with E-state index in [2.05, 4.69) is 6.58 Å². The van der Waals surface area contributed by atoms with Gasteiger partial charge in [-0.15, -0.1) is 0 Å². The number of amides is 1. The molecule has 0 bridgehead atoms. The van der Waals surface area contributed by atoms with E-state index in [1.165, 1.54) is 5.56 Å². The molecule has 1 heterocycles. The number of benzene rings is 2. The lowest BCUT2D eigenvalue weighted by molar-refractivity contribution is 0.0971. The number of carbonyl (C=O) groups is 1. The third-order valence-electron chi connectivity index (χ3n) is 4.07. The molecule has 0 saturated heterocycles. The van der Waals surface area contributed by atoms with Crippen molar-refractivity contribution in [1.82, 2.24) is 0 Å². The molecule has 21 heavy (non-hydrogen) atoms. The predicted octanol–water partition coefficient (Wildman–Crippen LogP) is 4.14. The molecule has 0 radical (unpaired) electrons. The lowest BCUT2D eigenvalue weighted by Gasteiger charge is -2.37. The third-order valence-corrected chi connectivity index (χ3v) is 4.07. The fraction of sp³-hybridized carbons (Fsp3) is 0.211. The fourth-order valence-electron chi connectivity index (χ4n) is 2.88. The molecule has 0 aromatic heterocycles. The number of carbonyl (C=O) groups excluding carboxylic acids is 1. The molecule has 3 rings (SSSR count). The van der Waals surface area contributed by atoms with Gasteiger partial charge in [0.2, 0.25) is 0 Å². The van der Waals surface area contributed by atoms with E-state index in [1.807, 2.05) is 67.3 Å². The van der Waals surface area contributed by atoms with E-state index in [1.54, 1.807) is 0 Å². The SMILES string of the molecule is C=C(C)C1Cc2ccccc2C(=O)N1c1ccc(C)cc1. The molecule has 1 atom stereocenters. The number of nitrogens with zero attached hydrogens (tertiary/aromatic N) is 1.